The summed E-state index contributed by atoms with van der Waals surface area (Å²) < 4.78 is 30.7. The normalized spacial score (nSPS) is 18.2. The van der Waals surface area contributed by atoms with E-state index in [1.165, 1.54) is 11.4 Å². The lowest BCUT2D eigenvalue weighted by molar-refractivity contribution is -0.140. The summed E-state index contributed by atoms with van der Waals surface area (Å²) in [7, 11) is -2.23. The van der Waals surface area contributed by atoms with Crippen LogP contribution in [0.4, 0.5) is 5.69 Å². The van der Waals surface area contributed by atoms with Gasteiger partial charge >= 0.3 is 5.97 Å². The van der Waals surface area contributed by atoms with Crippen LogP contribution < -0.4 is 4.31 Å². The molecule has 0 saturated heterocycles. The van der Waals surface area contributed by atoms with E-state index < -0.39 is 22.1 Å². The minimum Gasteiger partial charge on any atom is -0.469 e. The zero-order valence-electron chi connectivity index (χ0n) is 11.9. The maximum Gasteiger partial charge on any atom is 0.305 e. The first-order valence-corrected chi connectivity index (χ1v) is 8.41. The predicted octanol–water partition coefficient (Wildman–Crippen LogP) is 1.21. The van der Waals surface area contributed by atoms with Gasteiger partial charge in [-0.15, -0.1) is 0 Å². The number of ether oxygens (including phenoxy) is 1. The van der Waals surface area contributed by atoms with E-state index in [4.69, 9.17) is 0 Å². The number of benzene rings is 1. The average Bonchev–Trinajstić information content (AvgIpc) is 2.47. The van der Waals surface area contributed by atoms with Gasteiger partial charge in [0, 0.05) is 18.5 Å². The lowest BCUT2D eigenvalue weighted by Gasteiger charge is -2.32. The van der Waals surface area contributed by atoms with Crippen molar-refractivity contribution < 1.29 is 23.1 Å². The highest BCUT2D eigenvalue weighted by Crippen LogP contribution is 2.35. The first kappa shape index (κ1) is 15.8. The summed E-state index contributed by atoms with van der Waals surface area (Å²) in [5, 5.41) is 9.94. The first-order chi connectivity index (χ1) is 9.95. The molecule has 21 heavy (non-hydrogen) atoms. The molecule has 0 saturated carbocycles. The number of hydrogen-bond acceptors (Lipinski definition) is 5. The minimum absolute atomic E-state index is 0.0772. The number of sulfonamides is 1. The Morgan fingerprint density at radius 3 is 2.86 bits per heavy atom. The van der Waals surface area contributed by atoms with Crippen molar-refractivity contribution in [3.8, 4) is 0 Å². The van der Waals surface area contributed by atoms with E-state index in [-0.39, 0.29) is 25.1 Å². The van der Waals surface area contributed by atoms with Crippen LogP contribution in [0.15, 0.2) is 24.3 Å². The van der Waals surface area contributed by atoms with Gasteiger partial charge in [-0.1, -0.05) is 18.2 Å². The lowest BCUT2D eigenvalue weighted by Crippen LogP contribution is -2.38. The summed E-state index contributed by atoms with van der Waals surface area (Å²) in [6.45, 7) is 0.249. The van der Waals surface area contributed by atoms with Crippen LogP contribution in [-0.4, -0.2) is 38.9 Å². The van der Waals surface area contributed by atoms with E-state index in [1.807, 2.05) is 0 Å². The van der Waals surface area contributed by atoms with Crippen molar-refractivity contribution in [1.29, 1.82) is 0 Å². The third-order valence-corrected chi connectivity index (χ3v) is 5.37. The summed E-state index contributed by atoms with van der Waals surface area (Å²) in [4.78, 5) is 11.1. The Morgan fingerprint density at radius 1 is 1.43 bits per heavy atom. The third kappa shape index (κ3) is 3.54. The molecule has 1 unspecified atom stereocenters. The zero-order valence-corrected chi connectivity index (χ0v) is 12.7. The average molecular weight is 313 g/mol. The Balaban J connectivity index is 2.14. The molecule has 1 aliphatic rings. The standard InChI is InChI=1S/C14H19NO5S/c1-20-14(17)7-4-10-21(18,19)15-9-8-13(16)11-5-2-3-6-12(11)15/h2-3,5-6,13,16H,4,7-10H2,1H3. The number of hydrogen-bond donors (Lipinski definition) is 1. The molecule has 6 nitrogen and oxygen atoms in total. The number of esters is 1. The minimum atomic E-state index is -3.51. The largest absolute Gasteiger partial charge is 0.469 e. The molecule has 0 fully saturated rings. The molecule has 2 rings (SSSR count). The van der Waals surface area contributed by atoms with Crippen molar-refractivity contribution in [2.45, 2.75) is 25.4 Å². The van der Waals surface area contributed by atoms with Crippen LogP contribution in [0.25, 0.3) is 0 Å². The summed E-state index contributed by atoms with van der Waals surface area (Å²) in [5.74, 6) is -0.535. The van der Waals surface area contributed by atoms with Gasteiger partial charge in [-0.3, -0.25) is 9.10 Å². The van der Waals surface area contributed by atoms with Gasteiger partial charge in [-0.05, 0) is 18.9 Å². The quantitative estimate of drug-likeness (QED) is 0.826. The van der Waals surface area contributed by atoms with Gasteiger partial charge in [0.2, 0.25) is 10.0 Å². The van der Waals surface area contributed by atoms with E-state index in [1.54, 1.807) is 24.3 Å². The molecule has 0 aromatic heterocycles. The number of fused-ring (bicyclic) bond motifs is 1. The number of rotatable bonds is 5. The zero-order chi connectivity index (χ0) is 15.5. The molecular weight excluding hydrogens is 294 g/mol. The molecule has 0 spiro atoms. The van der Waals surface area contributed by atoms with Gasteiger partial charge in [0.25, 0.3) is 0 Å². The fourth-order valence-electron chi connectivity index (χ4n) is 2.41. The monoisotopic (exact) mass is 313 g/mol. The predicted molar refractivity (Wildman–Crippen MR) is 78.4 cm³/mol. The van der Waals surface area contributed by atoms with Crippen molar-refractivity contribution in [3.05, 3.63) is 29.8 Å². The van der Waals surface area contributed by atoms with Crippen molar-refractivity contribution >= 4 is 21.7 Å². The number of nitrogens with zero attached hydrogens (tertiary/aromatic N) is 1. The molecule has 1 aliphatic heterocycles. The molecule has 116 valence electrons. The van der Waals surface area contributed by atoms with Crippen LogP contribution in [0.2, 0.25) is 0 Å². The van der Waals surface area contributed by atoms with Gasteiger partial charge in [0.1, 0.15) is 0 Å². The number of aliphatic hydroxyl groups excluding tert-OH is 1. The molecule has 0 aliphatic carbocycles. The number of aliphatic hydroxyl groups is 1. The van der Waals surface area contributed by atoms with Gasteiger partial charge in [0.15, 0.2) is 0 Å². The Kier molecular flexibility index (Phi) is 4.84. The summed E-state index contributed by atoms with van der Waals surface area (Å²) in [5.41, 5.74) is 1.15. The van der Waals surface area contributed by atoms with Crippen LogP contribution >= 0.6 is 0 Å². The topological polar surface area (TPSA) is 83.9 Å². The molecule has 1 N–H and O–H groups in total. The molecule has 0 bridgehead atoms. The van der Waals surface area contributed by atoms with Gasteiger partial charge in [-0.2, -0.15) is 0 Å². The summed E-state index contributed by atoms with van der Waals surface area (Å²) >= 11 is 0. The van der Waals surface area contributed by atoms with Crippen LogP contribution in [0, 0.1) is 0 Å². The van der Waals surface area contributed by atoms with Crippen LogP contribution in [0.1, 0.15) is 30.9 Å². The van der Waals surface area contributed by atoms with E-state index in [2.05, 4.69) is 4.74 Å². The SMILES string of the molecule is COC(=O)CCCS(=O)(=O)N1CCC(O)c2ccccc21. The number of anilines is 1. The van der Waals surface area contributed by atoms with Crippen LogP contribution in [-0.2, 0) is 19.6 Å². The first-order valence-electron chi connectivity index (χ1n) is 6.80. The van der Waals surface area contributed by atoms with Crippen LogP contribution in [0.3, 0.4) is 0 Å². The van der Waals surface area contributed by atoms with E-state index in [0.29, 0.717) is 17.7 Å². The Bertz CT molecular complexity index is 614. The van der Waals surface area contributed by atoms with Crippen molar-refractivity contribution in [3.63, 3.8) is 0 Å². The molecule has 0 amide bonds. The van der Waals surface area contributed by atoms with E-state index in [9.17, 15) is 18.3 Å². The fraction of sp³-hybridized carbons (Fsp3) is 0.500. The maximum absolute atomic E-state index is 12.4. The molecular formula is C14H19NO5S. The van der Waals surface area contributed by atoms with Crippen molar-refractivity contribution in [2.24, 2.45) is 0 Å². The molecule has 7 heteroatoms. The van der Waals surface area contributed by atoms with Crippen molar-refractivity contribution in [2.75, 3.05) is 23.7 Å². The van der Waals surface area contributed by atoms with E-state index >= 15 is 0 Å². The lowest BCUT2D eigenvalue weighted by atomic mass is 10.0. The number of para-hydroxylation sites is 1. The summed E-state index contributed by atoms with van der Waals surface area (Å²) in [6.07, 6.45) is 0.0276. The smallest absolute Gasteiger partial charge is 0.305 e. The summed E-state index contributed by atoms with van der Waals surface area (Å²) in [6, 6.07) is 6.94. The highest BCUT2D eigenvalue weighted by Gasteiger charge is 2.30. The van der Waals surface area contributed by atoms with Crippen LogP contribution in [0.5, 0.6) is 0 Å². The third-order valence-electron chi connectivity index (χ3n) is 3.52. The number of carbonyl (C=O) groups is 1. The Labute approximate surface area is 124 Å². The molecule has 1 heterocycles. The van der Waals surface area contributed by atoms with Gasteiger partial charge in [-0.25, -0.2) is 8.42 Å². The maximum atomic E-state index is 12.4. The molecule has 1 aromatic rings. The van der Waals surface area contributed by atoms with Gasteiger partial charge in [0.05, 0.1) is 24.7 Å². The molecule has 1 aromatic carbocycles. The number of methoxy groups -OCH3 is 1. The van der Waals surface area contributed by atoms with Crippen molar-refractivity contribution in [1.82, 2.24) is 0 Å². The van der Waals surface area contributed by atoms with Gasteiger partial charge < -0.3 is 9.84 Å². The molecule has 0 radical (unpaired) electrons. The highest BCUT2D eigenvalue weighted by molar-refractivity contribution is 7.92. The fourth-order valence-corrected chi connectivity index (χ4v) is 3.99. The highest BCUT2D eigenvalue weighted by atomic mass is 32.2. The second-order valence-corrected chi connectivity index (χ2v) is 6.94. The molecule has 1 atom stereocenters. The Hall–Kier alpha value is -1.60. The number of carbonyl (C=O) groups excluding carboxylic acids is 1. The second kappa shape index (κ2) is 6.44. The second-order valence-electron chi connectivity index (χ2n) is 4.93. The Morgan fingerprint density at radius 2 is 2.14 bits per heavy atom. The van der Waals surface area contributed by atoms with E-state index in [0.717, 1.165) is 0 Å².